The summed E-state index contributed by atoms with van der Waals surface area (Å²) in [5, 5.41) is 17.3. The Morgan fingerprint density at radius 1 is 1.19 bits per heavy atom. The van der Waals surface area contributed by atoms with E-state index in [1.807, 2.05) is 31.2 Å². The molecule has 1 unspecified atom stereocenters. The molecule has 1 atom stereocenters. The van der Waals surface area contributed by atoms with Crippen LogP contribution in [-0.4, -0.2) is 30.6 Å². The molecule has 0 aliphatic heterocycles. The van der Waals surface area contributed by atoms with Crippen LogP contribution in [0.3, 0.4) is 0 Å². The fraction of sp³-hybridized carbons (Fsp3) is 0.316. The lowest BCUT2D eigenvalue weighted by atomic mass is 10.2. The van der Waals surface area contributed by atoms with E-state index in [1.165, 1.54) is 12.1 Å². The van der Waals surface area contributed by atoms with Crippen molar-refractivity contribution in [2.24, 2.45) is 4.99 Å². The van der Waals surface area contributed by atoms with Crippen LogP contribution in [0.1, 0.15) is 18.1 Å². The summed E-state index contributed by atoms with van der Waals surface area (Å²) in [5.74, 6) is 0.654. The molecule has 0 amide bonds. The Hall–Kier alpha value is -2.45. The topological polar surface area (TPSA) is 88.8 Å². The molecule has 0 radical (unpaired) electrons. The molecule has 27 heavy (non-hydrogen) atoms. The zero-order chi connectivity index (χ0) is 19.6. The highest BCUT2D eigenvalue weighted by Gasteiger charge is 2.07. The summed E-state index contributed by atoms with van der Waals surface area (Å²) in [4.78, 5) is 15.0. The number of hydrogen-bond donors (Lipinski definition) is 2. The van der Waals surface area contributed by atoms with Gasteiger partial charge in [0, 0.05) is 36.3 Å². The normalized spacial score (nSPS) is 12.5. The molecule has 0 aliphatic rings. The Kier molecular flexibility index (Phi) is 8.22. The SMILES string of the molecule is COCC(C)NC(=NCc1ccc(Br)cc1)NCc1ccc([N+](=O)[O-])cc1. The van der Waals surface area contributed by atoms with E-state index in [-0.39, 0.29) is 11.7 Å². The van der Waals surface area contributed by atoms with Gasteiger partial charge < -0.3 is 15.4 Å². The van der Waals surface area contributed by atoms with E-state index in [2.05, 4.69) is 31.6 Å². The predicted molar refractivity (Wildman–Crippen MR) is 110 cm³/mol. The molecule has 2 rings (SSSR count). The van der Waals surface area contributed by atoms with Crippen LogP contribution < -0.4 is 10.6 Å². The number of non-ortho nitro benzene ring substituents is 1. The predicted octanol–water partition coefficient (Wildman–Crippen LogP) is 3.63. The maximum absolute atomic E-state index is 10.7. The molecule has 2 N–H and O–H groups in total. The van der Waals surface area contributed by atoms with E-state index in [1.54, 1.807) is 19.2 Å². The molecule has 2 aromatic carbocycles. The quantitative estimate of drug-likeness (QED) is 0.286. The number of guanidine groups is 1. The van der Waals surface area contributed by atoms with Gasteiger partial charge in [-0.3, -0.25) is 10.1 Å². The lowest BCUT2D eigenvalue weighted by Gasteiger charge is -2.18. The van der Waals surface area contributed by atoms with E-state index < -0.39 is 4.92 Å². The van der Waals surface area contributed by atoms with Crippen molar-refractivity contribution in [2.75, 3.05) is 13.7 Å². The maximum Gasteiger partial charge on any atom is 0.269 e. The molecular formula is C19H23BrN4O3. The summed E-state index contributed by atoms with van der Waals surface area (Å²) in [7, 11) is 1.65. The molecule has 144 valence electrons. The third-order valence-electron chi connectivity index (χ3n) is 3.74. The maximum atomic E-state index is 10.7. The number of aliphatic imine (C=N–C) groups is 1. The molecule has 2 aromatic rings. The van der Waals surface area contributed by atoms with E-state index in [9.17, 15) is 10.1 Å². The van der Waals surface area contributed by atoms with Gasteiger partial charge in [0.2, 0.25) is 0 Å². The monoisotopic (exact) mass is 434 g/mol. The highest BCUT2D eigenvalue weighted by Crippen LogP contribution is 2.12. The van der Waals surface area contributed by atoms with Crippen LogP contribution in [0.5, 0.6) is 0 Å². The molecule has 8 heteroatoms. The summed E-state index contributed by atoms with van der Waals surface area (Å²) in [5.41, 5.74) is 2.10. The smallest absolute Gasteiger partial charge is 0.269 e. The Morgan fingerprint density at radius 3 is 2.41 bits per heavy atom. The molecule has 0 aromatic heterocycles. The number of nitro benzene ring substituents is 1. The molecule has 0 aliphatic carbocycles. The second-order valence-corrected chi connectivity index (χ2v) is 6.98. The van der Waals surface area contributed by atoms with Crippen molar-refractivity contribution in [2.45, 2.75) is 26.1 Å². The number of methoxy groups -OCH3 is 1. The zero-order valence-electron chi connectivity index (χ0n) is 15.3. The summed E-state index contributed by atoms with van der Waals surface area (Å²) in [6.07, 6.45) is 0. The molecule has 0 bridgehead atoms. The van der Waals surface area contributed by atoms with Crippen molar-refractivity contribution in [3.8, 4) is 0 Å². The first-order valence-corrected chi connectivity index (χ1v) is 9.29. The molecule has 0 saturated carbocycles. The number of ether oxygens (including phenoxy) is 1. The summed E-state index contributed by atoms with van der Waals surface area (Å²) < 4.78 is 6.19. The number of benzene rings is 2. The Labute approximate surface area is 167 Å². The van der Waals surface area contributed by atoms with Crippen LogP contribution in [-0.2, 0) is 17.8 Å². The fourth-order valence-corrected chi connectivity index (χ4v) is 2.62. The van der Waals surface area contributed by atoms with Gasteiger partial charge in [-0.15, -0.1) is 0 Å². The summed E-state index contributed by atoms with van der Waals surface area (Å²) in [6, 6.07) is 14.5. The van der Waals surface area contributed by atoms with E-state index in [0.717, 1.165) is 15.6 Å². The van der Waals surface area contributed by atoms with E-state index >= 15 is 0 Å². The van der Waals surface area contributed by atoms with Crippen LogP contribution in [0.25, 0.3) is 0 Å². The number of halogens is 1. The van der Waals surface area contributed by atoms with Gasteiger partial charge in [-0.25, -0.2) is 4.99 Å². The van der Waals surface area contributed by atoms with Crippen LogP contribution in [0.4, 0.5) is 5.69 Å². The second kappa shape index (κ2) is 10.6. The average Bonchev–Trinajstić information content (AvgIpc) is 2.65. The number of nitrogens with one attached hydrogen (secondary N) is 2. The first kappa shape index (κ1) is 20.9. The fourth-order valence-electron chi connectivity index (χ4n) is 2.36. The molecule has 7 nitrogen and oxygen atoms in total. The average molecular weight is 435 g/mol. The first-order chi connectivity index (χ1) is 13.0. The minimum absolute atomic E-state index is 0.0784. The third-order valence-corrected chi connectivity index (χ3v) is 4.27. The summed E-state index contributed by atoms with van der Waals surface area (Å²) >= 11 is 3.42. The molecule has 0 heterocycles. The highest BCUT2D eigenvalue weighted by atomic mass is 79.9. The third kappa shape index (κ3) is 7.36. The van der Waals surface area contributed by atoms with Crippen LogP contribution in [0.2, 0.25) is 0 Å². The zero-order valence-corrected chi connectivity index (χ0v) is 16.9. The van der Waals surface area contributed by atoms with Crippen molar-refractivity contribution in [1.29, 1.82) is 0 Å². The van der Waals surface area contributed by atoms with E-state index in [0.29, 0.717) is 25.7 Å². The van der Waals surface area contributed by atoms with Crippen molar-refractivity contribution < 1.29 is 9.66 Å². The minimum atomic E-state index is -0.406. The lowest BCUT2D eigenvalue weighted by molar-refractivity contribution is -0.384. The summed E-state index contributed by atoms with van der Waals surface area (Å²) in [6.45, 7) is 3.59. The standard InChI is InChI=1S/C19H23BrN4O3/c1-14(13-27-2)23-19(21-11-15-3-7-17(20)8-4-15)22-12-16-5-9-18(10-6-16)24(25)26/h3-10,14H,11-13H2,1-2H3,(H2,21,22,23). The van der Waals surface area contributed by atoms with Crippen LogP contribution in [0, 0.1) is 10.1 Å². The molecule has 0 spiro atoms. The number of rotatable bonds is 8. The molecule has 0 saturated heterocycles. The van der Waals surface area contributed by atoms with Gasteiger partial charge in [0.15, 0.2) is 5.96 Å². The van der Waals surface area contributed by atoms with Gasteiger partial charge in [0.05, 0.1) is 18.1 Å². The van der Waals surface area contributed by atoms with Gasteiger partial charge in [0.1, 0.15) is 0 Å². The van der Waals surface area contributed by atoms with Gasteiger partial charge in [0.25, 0.3) is 5.69 Å². The Morgan fingerprint density at radius 2 is 1.81 bits per heavy atom. The van der Waals surface area contributed by atoms with Crippen molar-refractivity contribution in [3.05, 3.63) is 74.2 Å². The van der Waals surface area contributed by atoms with Gasteiger partial charge >= 0.3 is 0 Å². The minimum Gasteiger partial charge on any atom is -0.383 e. The Balaban J connectivity index is 2.03. The van der Waals surface area contributed by atoms with E-state index in [4.69, 9.17) is 4.74 Å². The number of nitrogens with zero attached hydrogens (tertiary/aromatic N) is 2. The first-order valence-electron chi connectivity index (χ1n) is 8.49. The largest absolute Gasteiger partial charge is 0.383 e. The van der Waals surface area contributed by atoms with Crippen LogP contribution in [0.15, 0.2) is 58.0 Å². The van der Waals surface area contributed by atoms with Crippen molar-refractivity contribution in [1.82, 2.24) is 10.6 Å². The van der Waals surface area contributed by atoms with Crippen molar-refractivity contribution in [3.63, 3.8) is 0 Å². The van der Waals surface area contributed by atoms with Gasteiger partial charge in [-0.2, -0.15) is 0 Å². The number of nitro groups is 1. The van der Waals surface area contributed by atoms with Gasteiger partial charge in [-0.1, -0.05) is 40.2 Å². The van der Waals surface area contributed by atoms with Gasteiger partial charge in [-0.05, 0) is 30.2 Å². The van der Waals surface area contributed by atoms with Crippen molar-refractivity contribution >= 4 is 27.6 Å². The highest BCUT2D eigenvalue weighted by molar-refractivity contribution is 9.10. The second-order valence-electron chi connectivity index (χ2n) is 6.07. The lowest BCUT2D eigenvalue weighted by Crippen LogP contribution is -2.43. The Bertz CT molecular complexity index is 764. The molecule has 0 fully saturated rings. The van der Waals surface area contributed by atoms with Crippen LogP contribution >= 0.6 is 15.9 Å². The number of hydrogen-bond acceptors (Lipinski definition) is 4. The molecular weight excluding hydrogens is 412 g/mol.